The first-order valence-corrected chi connectivity index (χ1v) is 11.1. The largest absolute Gasteiger partial charge is 0.493 e. The minimum Gasteiger partial charge on any atom is -0.493 e. The average molecular weight is 422 g/mol. The molecule has 30 heavy (non-hydrogen) atoms. The van der Waals surface area contributed by atoms with Crippen LogP contribution in [0.1, 0.15) is 25.7 Å². The molecule has 3 aliphatic heterocycles. The number of hydrogen-bond donors (Lipinski definition) is 4. The molecule has 0 aromatic carbocycles. The number of quaternary nitrogens is 1. The van der Waals surface area contributed by atoms with E-state index in [0.717, 1.165) is 44.5 Å². The molecule has 0 aromatic heterocycles. The Kier molecular flexibility index (Phi) is 4.89. The molecule has 166 valence electrons. The molecule has 5 N–H and O–H groups in total. The number of fused-ring (bicyclic) bond motifs is 2. The number of hydrogen-bond acceptors (Lipinski definition) is 6. The summed E-state index contributed by atoms with van der Waals surface area (Å²) in [5.41, 5.74) is 8.08. The van der Waals surface area contributed by atoms with Crippen LogP contribution in [0.3, 0.4) is 0 Å². The van der Waals surface area contributed by atoms with Crippen LogP contribution in [0.25, 0.3) is 0 Å². The molecule has 5 aliphatic rings. The van der Waals surface area contributed by atoms with Crippen LogP contribution >= 0.6 is 0 Å². The highest BCUT2D eigenvalue weighted by Gasteiger charge is 2.56. The number of nitrogens with zero attached hydrogens (tertiary/aromatic N) is 2. The Morgan fingerprint density at radius 2 is 2.17 bits per heavy atom. The van der Waals surface area contributed by atoms with E-state index >= 15 is 4.39 Å². The lowest BCUT2D eigenvalue weighted by Gasteiger charge is -2.45. The number of halogens is 1. The molecule has 2 saturated heterocycles. The number of aliphatic hydroxyl groups excluding tert-OH is 2. The lowest BCUT2D eigenvalue weighted by molar-refractivity contribution is -0.833. The van der Waals surface area contributed by atoms with E-state index in [4.69, 9.17) is 10.5 Å². The van der Waals surface area contributed by atoms with Crippen molar-refractivity contribution in [3.05, 3.63) is 34.9 Å². The van der Waals surface area contributed by atoms with E-state index < -0.39 is 24.0 Å². The molecular weight excluding hydrogens is 387 g/mol. The van der Waals surface area contributed by atoms with Crippen LogP contribution in [0.5, 0.6) is 0 Å². The summed E-state index contributed by atoms with van der Waals surface area (Å²) in [7, 11) is 3.67. The molecule has 2 aliphatic carbocycles. The number of nitrogens with one attached hydrogen (secondary N) is 1. The van der Waals surface area contributed by atoms with E-state index in [9.17, 15) is 10.2 Å². The molecule has 0 bridgehead atoms. The second-order valence-electron chi connectivity index (χ2n) is 9.81. The Hall–Kier alpha value is -1.29. The summed E-state index contributed by atoms with van der Waals surface area (Å²) in [5, 5.41) is 24.2. The van der Waals surface area contributed by atoms with Crippen LogP contribution in [0.2, 0.25) is 0 Å². The maximum atomic E-state index is 15.7. The number of ether oxygens (including phenoxy) is 1. The minimum absolute atomic E-state index is 0.246. The van der Waals surface area contributed by atoms with Crippen LogP contribution in [-0.4, -0.2) is 90.0 Å². The summed E-state index contributed by atoms with van der Waals surface area (Å²) in [4.78, 5) is 2.13. The van der Waals surface area contributed by atoms with Crippen molar-refractivity contribution in [3.63, 3.8) is 0 Å². The van der Waals surface area contributed by atoms with Crippen molar-refractivity contribution in [1.82, 2.24) is 10.2 Å². The zero-order valence-corrected chi connectivity index (χ0v) is 17.9. The van der Waals surface area contributed by atoms with Gasteiger partial charge in [0.2, 0.25) is 0 Å². The molecule has 0 radical (unpaired) electrons. The standard InChI is InChI=1S/C22H34FN4O3/c1-27(15-5-6-15)10-13(11-28)20(29)16-8-17(23)18(21(30-2)19(16)27)26-9-14-4-3-7-25-22(14,24)12-26/h8,10,14-15,17-18,20,25,28-29H,3-7,9,11-12,24H2,1-2H3/q+1. The van der Waals surface area contributed by atoms with Gasteiger partial charge in [0.15, 0.2) is 11.5 Å². The highest BCUT2D eigenvalue weighted by molar-refractivity contribution is 5.47. The van der Waals surface area contributed by atoms with Gasteiger partial charge in [0, 0.05) is 43.0 Å². The molecule has 7 nitrogen and oxygen atoms in total. The van der Waals surface area contributed by atoms with Gasteiger partial charge in [-0.3, -0.25) is 14.7 Å². The fourth-order valence-corrected chi connectivity index (χ4v) is 6.20. The topological polar surface area (TPSA) is 91.0 Å². The van der Waals surface area contributed by atoms with Gasteiger partial charge in [-0.25, -0.2) is 4.39 Å². The number of likely N-dealkylation sites (tertiary alicyclic amines) is 1. The van der Waals surface area contributed by atoms with Gasteiger partial charge in [-0.2, -0.15) is 0 Å². The van der Waals surface area contributed by atoms with Crippen molar-refractivity contribution in [2.75, 3.05) is 40.4 Å². The molecule has 0 aromatic rings. The van der Waals surface area contributed by atoms with E-state index in [2.05, 4.69) is 17.3 Å². The number of nitrogens with two attached hydrogens (primary N) is 1. The molecule has 0 spiro atoms. The summed E-state index contributed by atoms with van der Waals surface area (Å²) >= 11 is 0. The molecule has 3 heterocycles. The number of rotatable bonds is 4. The molecular formula is C22H34FN4O3+. The van der Waals surface area contributed by atoms with Gasteiger partial charge < -0.3 is 20.7 Å². The predicted octanol–water partition coefficient (Wildman–Crippen LogP) is 0.321. The summed E-state index contributed by atoms with van der Waals surface area (Å²) in [6, 6.07) is -0.211. The number of piperidine rings is 1. The SMILES string of the molecule is COC1=C2C(=CC(F)C1N1CC3CCCNC3(N)C1)C(O)C(CO)=C[N+]2(C)C1CC1. The lowest BCUT2D eigenvalue weighted by atomic mass is 9.85. The van der Waals surface area contributed by atoms with Crippen molar-refractivity contribution in [3.8, 4) is 0 Å². The van der Waals surface area contributed by atoms with E-state index in [1.165, 1.54) is 0 Å². The zero-order chi connectivity index (χ0) is 21.3. The van der Waals surface area contributed by atoms with E-state index in [1.807, 2.05) is 6.20 Å². The third-order valence-corrected chi connectivity index (χ3v) is 7.91. The number of aliphatic hydroxyl groups is 2. The van der Waals surface area contributed by atoms with Crippen LogP contribution in [0.15, 0.2) is 34.9 Å². The second-order valence-corrected chi connectivity index (χ2v) is 9.81. The highest BCUT2D eigenvalue weighted by Crippen LogP contribution is 2.49. The molecule has 8 heteroatoms. The molecule has 3 fully saturated rings. The Morgan fingerprint density at radius 1 is 1.40 bits per heavy atom. The summed E-state index contributed by atoms with van der Waals surface area (Å²) in [6.45, 7) is 1.94. The Balaban J connectivity index is 1.59. The fraction of sp³-hybridized carbons (Fsp3) is 0.727. The number of alkyl halides is 1. The first-order valence-electron chi connectivity index (χ1n) is 11.1. The summed E-state index contributed by atoms with van der Waals surface area (Å²) in [5.74, 6) is 0.873. The van der Waals surface area contributed by atoms with Gasteiger partial charge in [-0.15, -0.1) is 0 Å². The predicted molar refractivity (Wildman–Crippen MR) is 110 cm³/mol. The smallest absolute Gasteiger partial charge is 0.183 e. The minimum atomic E-state index is -1.32. The maximum Gasteiger partial charge on any atom is 0.183 e. The second kappa shape index (κ2) is 7.12. The summed E-state index contributed by atoms with van der Waals surface area (Å²) in [6.07, 6.45) is 5.40. The van der Waals surface area contributed by atoms with Crippen LogP contribution < -0.4 is 11.1 Å². The van der Waals surface area contributed by atoms with Crippen molar-refractivity contribution in [2.24, 2.45) is 11.7 Å². The molecule has 6 atom stereocenters. The molecule has 1 saturated carbocycles. The lowest BCUT2D eigenvalue weighted by Crippen LogP contribution is -2.62. The van der Waals surface area contributed by atoms with Gasteiger partial charge in [0.25, 0.3) is 0 Å². The van der Waals surface area contributed by atoms with Crippen LogP contribution in [-0.2, 0) is 4.74 Å². The molecule has 5 rings (SSSR count). The Labute approximate surface area is 177 Å². The highest BCUT2D eigenvalue weighted by atomic mass is 19.1. The normalized spacial score (nSPS) is 44.3. The third-order valence-electron chi connectivity index (χ3n) is 7.91. The Bertz CT molecular complexity index is 825. The first-order chi connectivity index (χ1) is 14.3. The maximum absolute atomic E-state index is 15.7. The van der Waals surface area contributed by atoms with Crippen molar-refractivity contribution >= 4 is 0 Å². The van der Waals surface area contributed by atoms with Gasteiger partial charge >= 0.3 is 0 Å². The molecule has 0 amide bonds. The van der Waals surface area contributed by atoms with E-state index in [0.29, 0.717) is 34.0 Å². The molecule has 6 unspecified atom stereocenters. The Morgan fingerprint density at radius 3 is 2.80 bits per heavy atom. The van der Waals surface area contributed by atoms with Crippen molar-refractivity contribution in [2.45, 2.75) is 55.7 Å². The van der Waals surface area contributed by atoms with E-state index in [1.54, 1.807) is 13.2 Å². The van der Waals surface area contributed by atoms with Gasteiger partial charge in [-0.1, -0.05) is 0 Å². The fourth-order valence-electron chi connectivity index (χ4n) is 6.20. The number of likely N-dealkylation sites (N-methyl/N-ethyl adjacent to an activating group) is 1. The van der Waals surface area contributed by atoms with Gasteiger partial charge in [0.05, 0.1) is 32.5 Å². The van der Waals surface area contributed by atoms with Crippen LogP contribution in [0, 0.1) is 5.92 Å². The van der Waals surface area contributed by atoms with E-state index in [-0.39, 0.29) is 12.5 Å². The van der Waals surface area contributed by atoms with Gasteiger partial charge in [-0.05, 0) is 25.5 Å². The average Bonchev–Trinajstić information content (AvgIpc) is 3.52. The summed E-state index contributed by atoms with van der Waals surface area (Å²) < 4.78 is 22.0. The third kappa shape index (κ3) is 2.92. The first kappa shape index (κ1) is 20.6. The zero-order valence-electron chi connectivity index (χ0n) is 17.9. The van der Waals surface area contributed by atoms with Crippen molar-refractivity contribution < 1.29 is 23.8 Å². The quantitative estimate of drug-likeness (QED) is 0.489. The van der Waals surface area contributed by atoms with Crippen LogP contribution in [0.4, 0.5) is 4.39 Å². The van der Waals surface area contributed by atoms with Gasteiger partial charge in [0.1, 0.15) is 24.5 Å². The van der Waals surface area contributed by atoms with Crippen molar-refractivity contribution in [1.29, 1.82) is 0 Å². The monoisotopic (exact) mass is 421 g/mol. The number of methoxy groups -OCH3 is 1.